The van der Waals surface area contributed by atoms with Crippen LogP contribution in [0.5, 0.6) is 0 Å². The predicted octanol–water partition coefficient (Wildman–Crippen LogP) is -2.62. The van der Waals surface area contributed by atoms with Crippen molar-refractivity contribution in [2.45, 2.75) is 24.5 Å². The highest BCUT2D eigenvalue weighted by atomic mass is 16.5. The maximum absolute atomic E-state index is 9.01. The second-order valence-corrected chi connectivity index (χ2v) is 2.35. The van der Waals surface area contributed by atoms with Crippen molar-refractivity contribution in [1.82, 2.24) is 0 Å². The van der Waals surface area contributed by atoms with Gasteiger partial charge in [0.2, 0.25) is 0 Å². The molecular weight excluding hydrogens is 138 g/mol. The van der Waals surface area contributed by atoms with Crippen molar-refractivity contribution < 1.29 is 20.1 Å². The van der Waals surface area contributed by atoms with Gasteiger partial charge < -0.3 is 25.8 Å². The molecule has 5 nitrogen and oxygen atoms in total. The number of ether oxygens (including phenoxy) is 1. The topological polar surface area (TPSA) is 95.9 Å². The highest BCUT2D eigenvalue weighted by molar-refractivity contribution is 4.85. The lowest BCUT2D eigenvalue weighted by atomic mass is 10.1. The minimum absolute atomic E-state index is 0.0279. The van der Waals surface area contributed by atoms with Crippen LogP contribution < -0.4 is 5.73 Å². The van der Waals surface area contributed by atoms with Gasteiger partial charge in [0.05, 0.1) is 6.61 Å². The summed E-state index contributed by atoms with van der Waals surface area (Å²) in [7, 11) is 0. The van der Waals surface area contributed by atoms with Gasteiger partial charge in [-0.3, -0.25) is 0 Å². The van der Waals surface area contributed by atoms with Crippen LogP contribution in [-0.4, -0.2) is 46.5 Å². The normalized spacial score (nSPS) is 43.8. The van der Waals surface area contributed by atoms with Gasteiger partial charge in [0, 0.05) is 0 Å². The van der Waals surface area contributed by atoms with E-state index in [0.717, 1.165) is 0 Å². The van der Waals surface area contributed by atoms with Crippen LogP contribution in [0.15, 0.2) is 0 Å². The Morgan fingerprint density at radius 2 is 2.10 bits per heavy atom. The number of nitrogens with two attached hydrogens (primary N) is 1. The largest absolute Gasteiger partial charge is 0.388 e. The highest BCUT2D eigenvalue weighted by Crippen LogP contribution is 2.14. The number of aliphatic hydroxyl groups is 3. The number of aliphatic hydroxyl groups excluding tert-OH is 3. The molecule has 1 rings (SSSR count). The van der Waals surface area contributed by atoms with E-state index in [0.29, 0.717) is 0 Å². The Bertz CT molecular complexity index is 118. The van der Waals surface area contributed by atoms with Crippen LogP contribution in [0, 0.1) is 0 Å². The first-order chi connectivity index (χ1) is 4.63. The Hall–Kier alpha value is -0.200. The van der Waals surface area contributed by atoms with Crippen LogP contribution in [0.25, 0.3) is 0 Å². The predicted molar refractivity (Wildman–Crippen MR) is 31.9 cm³/mol. The van der Waals surface area contributed by atoms with Gasteiger partial charge in [0.15, 0.2) is 0 Å². The molecule has 0 spiro atoms. The average molecular weight is 149 g/mol. The van der Waals surface area contributed by atoms with Crippen molar-refractivity contribution in [3.05, 3.63) is 0 Å². The zero-order valence-electron chi connectivity index (χ0n) is 5.34. The SMILES string of the molecule is NC(O)C1OCC(O)C1O. The third-order valence-electron chi connectivity index (χ3n) is 1.53. The zero-order chi connectivity index (χ0) is 7.72. The lowest BCUT2D eigenvalue weighted by Crippen LogP contribution is -2.43. The van der Waals surface area contributed by atoms with Gasteiger partial charge >= 0.3 is 0 Å². The number of hydrogen-bond acceptors (Lipinski definition) is 5. The molecule has 5 heteroatoms. The monoisotopic (exact) mass is 149 g/mol. The average Bonchev–Trinajstić information content (AvgIpc) is 2.14. The van der Waals surface area contributed by atoms with Gasteiger partial charge in [-0.05, 0) is 0 Å². The summed E-state index contributed by atoms with van der Waals surface area (Å²) in [5.74, 6) is 0. The number of rotatable bonds is 1. The van der Waals surface area contributed by atoms with Crippen LogP contribution >= 0.6 is 0 Å². The summed E-state index contributed by atoms with van der Waals surface area (Å²) in [6, 6.07) is 0. The molecular formula is C5H11NO4. The fourth-order valence-electron chi connectivity index (χ4n) is 0.926. The molecule has 60 valence electrons. The van der Waals surface area contributed by atoms with E-state index in [-0.39, 0.29) is 6.61 Å². The van der Waals surface area contributed by atoms with Crippen LogP contribution in [-0.2, 0) is 4.74 Å². The van der Waals surface area contributed by atoms with Crippen molar-refractivity contribution in [1.29, 1.82) is 0 Å². The second kappa shape index (κ2) is 2.81. The molecule has 1 heterocycles. The van der Waals surface area contributed by atoms with Gasteiger partial charge in [-0.1, -0.05) is 0 Å². The van der Waals surface area contributed by atoms with Gasteiger partial charge in [-0.2, -0.15) is 0 Å². The van der Waals surface area contributed by atoms with E-state index in [1.54, 1.807) is 0 Å². The second-order valence-electron chi connectivity index (χ2n) is 2.35. The van der Waals surface area contributed by atoms with Gasteiger partial charge in [0.25, 0.3) is 0 Å². The van der Waals surface area contributed by atoms with E-state index < -0.39 is 24.5 Å². The van der Waals surface area contributed by atoms with Crippen LogP contribution in [0.3, 0.4) is 0 Å². The summed E-state index contributed by atoms with van der Waals surface area (Å²) in [4.78, 5) is 0. The molecule has 0 aromatic carbocycles. The molecule has 0 aliphatic carbocycles. The van der Waals surface area contributed by atoms with Crippen molar-refractivity contribution in [3.63, 3.8) is 0 Å². The Labute approximate surface area is 58.0 Å². The molecule has 0 saturated carbocycles. The van der Waals surface area contributed by atoms with Gasteiger partial charge in [-0.15, -0.1) is 0 Å². The molecule has 0 bridgehead atoms. The van der Waals surface area contributed by atoms with Crippen LogP contribution in [0.2, 0.25) is 0 Å². The quantitative estimate of drug-likeness (QED) is 0.306. The summed E-state index contributed by atoms with van der Waals surface area (Å²) >= 11 is 0. The first-order valence-corrected chi connectivity index (χ1v) is 3.04. The standard InChI is InChI=1S/C5H11NO4/c6-5(9)4-3(8)2(7)1-10-4/h2-5,7-9H,1,6H2. The summed E-state index contributed by atoms with van der Waals surface area (Å²) < 4.78 is 4.76. The molecule has 0 amide bonds. The zero-order valence-corrected chi connectivity index (χ0v) is 5.34. The van der Waals surface area contributed by atoms with E-state index in [2.05, 4.69) is 0 Å². The van der Waals surface area contributed by atoms with Crippen molar-refractivity contribution in [2.24, 2.45) is 5.73 Å². The summed E-state index contributed by atoms with van der Waals surface area (Å²) in [6.07, 6.45) is -4.08. The molecule has 1 aliphatic rings. The smallest absolute Gasteiger partial charge is 0.131 e. The van der Waals surface area contributed by atoms with E-state index in [4.69, 9.17) is 25.8 Å². The maximum atomic E-state index is 9.01. The van der Waals surface area contributed by atoms with Crippen LogP contribution in [0.1, 0.15) is 0 Å². The number of hydrogen-bond donors (Lipinski definition) is 4. The Balaban J connectivity index is 2.49. The molecule has 4 atom stereocenters. The third kappa shape index (κ3) is 1.28. The molecule has 1 aliphatic heterocycles. The minimum atomic E-state index is -1.23. The highest BCUT2D eigenvalue weighted by Gasteiger charge is 2.37. The molecule has 1 fully saturated rings. The summed E-state index contributed by atoms with van der Waals surface area (Å²) in [5.41, 5.74) is 5.01. The molecule has 4 unspecified atom stereocenters. The fourth-order valence-corrected chi connectivity index (χ4v) is 0.926. The van der Waals surface area contributed by atoms with Crippen molar-refractivity contribution in [2.75, 3.05) is 6.61 Å². The Morgan fingerprint density at radius 3 is 2.30 bits per heavy atom. The third-order valence-corrected chi connectivity index (χ3v) is 1.53. The summed E-state index contributed by atoms with van der Waals surface area (Å²) in [5, 5.41) is 26.6. The molecule has 0 aromatic rings. The Morgan fingerprint density at radius 1 is 1.50 bits per heavy atom. The molecule has 5 N–H and O–H groups in total. The van der Waals surface area contributed by atoms with Gasteiger partial charge in [-0.25, -0.2) is 0 Å². The van der Waals surface area contributed by atoms with E-state index >= 15 is 0 Å². The Kier molecular flexibility index (Phi) is 2.22. The van der Waals surface area contributed by atoms with E-state index in [9.17, 15) is 0 Å². The van der Waals surface area contributed by atoms with Crippen LogP contribution in [0.4, 0.5) is 0 Å². The fraction of sp³-hybridized carbons (Fsp3) is 1.00. The van der Waals surface area contributed by atoms with Crippen molar-refractivity contribution >= 4 is 0 Å². The van der Waals surface area contributed by atoms with Gasteiger partial charge in [0.1, 0.15) is 24.5 Å². The first-order valence-electron chi connectivity index (χ1n) is 3.04. The molecule has 1 saturated heterocycles. The first kappa shape index (κ1) is 7.90. The molecule has 0 aromatic heterocycles. The van der Waals surface area contributed by atoms with E-state index in [1.807, 2.05) is 0 Å². The summed E-state index contributed by atoms with van der Waals surface area (Å²) in [6.45, 7) is 0.0279. The van der Waals surface area contributed by atoms with Crippen molar-refractivity contribution in [3.8, 4) is 0 Å². The molecule has 10 heavy (non-hydrogen) atoms. The molecule has 0 radical (unpaired) electrons. The minimum Gasteiger partial charge on any atom is -0.388 e. The maximum Gasteiger partial charge on any atom is 0.131 e. The lowest BCUT2D eigenvalue weighted by molar-refractivity contribution is -0.0477. The lowest BCUT2D eigenvalue weighted by Gasteiger charge is -2.16. The van der Waals surface area contributed by atoms with E-state index in [1.165, 1.54) is 0 Å².